The molecule has 0 aliphatic heterocycles. The highest BCUT2D eigenvalue weighted by Crippen LogP contribution is 2.33. The van der Waals surface area contributed by atoms with Crippen molar-refractivity contribution < 1.29 is 41.0 Å². The molecule has 0 bridgehead atoms. The number of sulfonamides is 2. The van der Waals surface area contributed by atoms with E-state index in [9.17, 15) is 41.9 Å². The first-order valence-electron chi connectivity index (χ1n) is 13.5. The van der Waals surface area contributed by atoms with Crippen molar-refractivity contribution in [3.8, 4) is 23.0 Å². The molecule has 4 aromatic rings. The Morgan fingerprint density at radius 3 is 1.55 bits per heavy atom. The number of hydrogen-bond donors (Lipinski definition) is 3. The van der Waals surface area contributed by atoms with E-state index in [2.05, 4.69) is 50.5 Å². The Balaban J connectivity index is 0.000000276. The molecule has 4 rings (SSSR count). The van der Waals surface area contributed by atoms with Gasteiger partial charge < -0.3 is 14.8 Å². The van der Waals surface area contributed by atoms with Crippen LogP contribution in [-0.4, -0.2) is 38.3 Å². The van der Waals surface area contributed by atoms with Crippen LogP contribution in [-0.2, 0) is 20.0 Å². The van der Waals surface area contributed by atoms with Gasteiger partial charge in [-0.1, -0.05) is 12.1 Å². The van der Waals surface area contributed by atoms with Crippen molar-refractivity contribution in [1.82, 2.24) is 10.0 Å². The molecule has 4 N–H and O–H groups in total. The van der Waals surface area contributed by atoms with Gasteiger partial charge >= 0.3 is 6.03 Å². The zero-order valence-corrected chi connectivity index (χ0v) is 31.6. The highest BCUT2D eigenvalue weighted by molar-refractivity contribution is 14.1. The zero-order chi connectivity index (χ0) is 36.7. The van der Waals surface area contributed by atoms with Crippen molar-refractivity contribution in [2.75, 3.05) is 0 Å². The summed E-state index contributed by atoms with van der Waals surface area (Å²) in [7, 11) is -8.59. The number of benzene rings is 4. The number of primary sulfonamides is 1. The Morgan fingerprint density at radius 2 is 1.16 bits per heavy atom. The Morgan fingerprint density at radius 1 is 0.735 bits per heavy atom. The van der Waals surface area contributed by atoms with E-state index in [1.165, 1.54) is 12.1 Å². The Labute approximate surface area is 308 Å². The molecule has 0 saturated heterocycles. The number of nitro groups is 2. The van der Waals surface area contributed by atoms with E-state index in [4.69, 9.17) is 14.6 Å². The summed E-state index contributed by atoms with van der Waals surface area (Å²) in [6.45, 7) is 5.04. The largest absolute Gasteiger partial charge is 0.456 e. The van der Waals surface area contributed by atoms with E-state index in [0.717, 1.165) is 31.4 Å². The van der Waals surface area contributed by atoms with Gasteiger partial charge in [0, 0.05) is 36.9 Å². The number of carbonyl (C=O) groups is 1. The molecule has 20 heteroatoms. The van der Waals surface area contributed by atoms with Gasteiger partial charge in [0.05, 0.1) is 9.85 Å². The van der Waals surface area contributed by atoms with Crippen molar-refractivity contribution in [3.63, 3.8) is 0 Å². The maximum Gasteiger partial charge on any atom is 0.329 e. The van der Waals surface area contributed by atoms with Crippen molar-refractivity contribution in [3.05, 3.63) is 112 Å². The number of urea groups is 1. The zero-order valence-electron chi connectivity index (χ0n) is 25.6. The number of nitrogens with zero attached hydrogens (tertiary/aromatic N) is 2. The molecule has 0 saturated carbocycles. The molecule has 0 fully saturated rings. The third kappa shape index (κ3) is 12.1. The highest BCUT2D eigenvalue weighted by atomic mass is 127. The van der Waals surface area contributed by atoms with Crippen molar-refractivity contribution in [2.45, 2.75) is 36.1 Å². The number of nitrogens with one attached hydrogen (secondary N) is 2. The van der Waals surface area contributed by atoms with Gasteiger partial charge in [-0.3, -0.25) is 20.2 Å². The fraction of sp³-hybridized carbons (Fsp3) is 0.138. The van der Waals surface area contributed by atoms with Gasteiger partial charge in [0.15, 0.2) is 0 Å². The van der Waals surface area contributed by atoms with Crippen LogP contribution in [0.1, 0.15) is 20.8 Å². The lowest BCUT2D eigenvalue weighted by atomic mass is 10.1. The van der Waals surface area contributed by atoms with Gasteiger partial charge in [0.1, 0.15) is 32.8 Å². The van der Waals surface area contributed by atoms with Crippen molar-refractivity contribution >= 4 is 82.6 Å². The van der Waals surface area contributed by atoms with Crippen LogP contribution in [0.15, 0.2) is 94.7 Å². The van der Waals surface area contributed by atoms with Gasteiger partial charge in [0.25, 0.3) is 21.4 Å². The molecule has 2 amide bonds. The summed E-state index contributed by atoms with van der Waals surface area (Å²) in [5.74, 6) is 0.533. The lowest BCUT2D eigenvalue weighted by molar-refractivity contribution is -0.385. The third-order valence-electron chi connectivity index (χ3n) is 5.64. The number of rotatable bonds is 9. The minimum atomic E-state index is -4.44. The van der Waals surface area contributed by atoms with Crippen LogP contribution >= 0.6 is 45.2 Å². The second-order valence-electron chi connectivity index (χ2n) is 10.7. The maximum absolute atomic E-state index is 12.7. The van der Waals surface area contributed by atoms with E-state index >= 15 is 0 Å². The predicted molar refractivity (Wildman–Crippen MR) is 195 cm³/mol. The molecule has 16 nitrogen and oxygen atoms in total. The summed E-state index contributed by atoms with van der Waals surface area (Å²) < 4.78 is 63.2. The molecule has 260 valence electrons. The highest BCUT2D eigenvalue weighted by Gasteiger charge is 2.27. The topological polar surface area (TPSA) is 240 Å². The van der Waals surface area contributed by atoms with E-state index in [0.29, 0.717) is 11.5 Å². The SMILES string of the molecule is CC(C)(C)NC(=O)NS(=O)(=O)c1cc([N+](=O)[O-])ccc1Oc1cccc(I)c1.NS(=O)(=O)c1cc([N+](=O)[O-])ccc1Oc1cccc(I)c1. The second kappa shape index (κ2) is 16.1. The van der Waals surface area contributed by atoms with E-state index < -0.39 is 56.9 Å². The quantitative estimate of drug-likeness (QED) is 0.0940. The van der Waals surface area contributed by atoms with Crippen LogP contribution in [0, 0.1) is 27.4 Å². The minimum absolute atomic E-state index is 0.0647. The van der Waals surface area contributed by atoms with Crippen molar-refractivity contribution in [2.24, 2.45) is 5.14 Å². The molecular formula is C29H27I2N5O11S2. The minimum Gasteiger partial charge on any atom is -0.456 e. The molecule has 0 aliphatic carbocycles. The molecule has 0 heterocycles. The van der Waals surface area contributed by atoms with E-state index in [1.807, 2.05) is 16.9 Å². The van der Waals surface area contributed by atoms with Gasteiger partial charge in [-0.2, -0.15) is 0 Å². The first-order chi connectivity index (χ1) is 22.6. The second-order valence-corrected chi connectivity index (χ2v) is 16.4. The molecule has 0 aromatic heterocycles. The lowest BCUT2D eigenvalue weighted by Gasteiger charge is -2.21. The average Bonchev–Trinajstić information content (AvgIpc) is 2.96. The fourth-order valence-corrected chi connectivity index (χ4v) is 6.44. The fourth-order valence-electron chi connectivity index (χ4n) is 3.68. The number of ether oxygens (including phenoxy) is 2. The van der Waals surface area contributed by atoms with Crippen LogP contribution < -0.4 is 24.7 Å². The number of hydrogen-bond acceptors (Lipinski definition) is 11. The number of nitro benzene ring substituents is 2. The van der Waals surface area contributed by atoms with Crippen molar-refractivity contribution in [1.29, 1.82) is 0 Å². The number of halogens is 2. The first kappa shape index (κ1) is 39.3. The molecule has 4 aromatic carbocycles. The Bertz CT molecular complexity index is 2130. The summed E-state index contributed by atoms with van der Waals surface area (Å²) in [6.07, 6.45) is 0. The van der Waals surface area contributed by atoms with Gasteiger partial charge in [-0.25, -0.2) is 31.5 Å². The molecule has 0 atom stereocenters. The van der Waals surface area contributed by atoms with Crippen LogP contribution in [0.3, 0.4) is 0 Å². The molecule has 0 spiro atoms. The molecule has 49 heavy (non-hydrogen) atoms. The van der Waals surface area contributed by atoms with Crippen LogP contribution in [0.4, 0.5) is 16.2 Å². The Hall–Kier alpha value is -4.13. The summed E-state index contributed by atoms with van der Waals surface area (Å²) in [5, 5.41) is 29.3. The van der Waals surface area contributed by atoms with Crippen LogP contribution in [0.5, 0.6) is 23.0 Å². The molecule has 0 radical (unpaired) electrons. The van der Waals surface area contributed by atoms with Gasteiger partial charge in [-0.15, -0.1) is 0 Å². The average molecular weight is 940 g/mol. The molecule has 0 aliphatic rings. The maximum atomic E-state index is 12.7. The lowest BCUT2D eigenvalue weighted by Crippen LogP contribution is -2.48. The monoisotopic (exact) mass is 939 g/mol. The third-order valence-corrected chi connectivity index (χ3v) is 9.26. The van der Waals surface area contributed by atoms with Gasteiger partial charge in [0.2, 0.25) is 10.0 Å². The summed E-state index contributed by atoms with van der Waals surface area (Å²) in [5.41, 5.74) is -1.51. The first-order valence-corrected chi connectivity index (χ1v) is 18.6. The predicted octanol–water partition coefficient (Wildman–Crippen LogP) is 6.42. The van der Waals surface area contributed by atoms with Crippen LogP contribution in [0.25, 0.3) is 0 Å². The molecule has 0 unspecified atom stereocenters. The summed E-state index contributed by atoms with van der Waals surface area (Å²) >= 11 is 4.14. The van der Waals surface area contributed by atoms with Crippen LogP contribution in [0.2, 0.25) is 0 Å². The number of amides is 2. The smallest absolute Gasteiger partial charge is 0.329 e. The normalized spacial score (nSPS) is 11.4. The standard InChI is InChI=1S/C17H18IN3O6S.C12H9IN2O5S/c1-17(2,3)19-16(22)20-28(25,26)15-10-12(21(23)24)7-8-14(15)27-13-6-4-5-11(18)9-13;13-8-2-1-3-10(6-8)20-11-5-4-9(15(16)17)7-12(11)21(14,18)19/h4-10H,1-3H3,(H2,19,20,22);1-7H,(H2,14,18,19). The number of nitrogens with two attached hydrogens (primary N) is 1. The summed E-state index contributed by atoms with van der Waals surface area (Å²) in [6, 6.07) is 19.1. The Kier molecular flexibility index (Phi) is 12.9. The van der Waals surface area contributed by atoms with Gasteiger partial charge in [-0.05, 0) is 114 Å². The van der Waals surface area contributed by atoms with E-state index in [1.54, 1.807) is 57.2 Å². The molecular weight excluding hydrogens is 912 g/mol. The number of non-ortho nitro benzene ring substituents is 2. The summed E-state index contributed by atoms with van der Waals surface area (Å²) in [4.78, 5) is 31.4. The van der Waals surface area contributed by atoms with E-state index in [-0.39, 0.29) is 17.2 Å². The number of carbonyl (C=O) groups excluding carboxylic acids is 1.